The predicted octanol–water partition coefficient (Wildman–Crippen LogP) is 2.43. The molecule has 0 aromatic heterocycles. The summed E-state index contributed by atoms with van der Waals surface area (Å²) in [4.78, 5) is 0. The fourth-order valence-corrected chi connectivity index (χ4v) is 1.65. The molecule has 0 aliphatic carbocycles. The van der Waals surface area contributed by atoms with Crippen molar-refractivity contribution in [1.29, 1.82) is 0 Å². The molecule has 0 spiro atoms. The molecule has 0 amide bonds. The maximum absolute atomic E-state index is 10.6. The molecule has 0 heterocycles. The molecule has 0 aliphatic rings. The van der Waals surface area contributed by atoms with Crippen molar-refractivity contribution >= 4 is 31.3 Å². The molecule has 1 rings (SSSR count). The van der Waals surface area contributed by atoms with Crippen LogP contribution in [-0.2, 0) is 20.4 Å². The maximum atomic E-state index is 10.6. The molecular weight excluding hydrogens is 259 g/mol. The Morgan fingerprint density at radius 3 is 2.53 bits per heavy atom. The Morgan fingerprint density at radius 1 is 1.27 bits per heavy atom. The zero-order chi connectivity index (χ0) is 11.3. The second-order valence-corrected chi connectivity index (χ2v) is 6.19. The molecule has 84 valence electrons. The molecule has 0 unspecified atom stereocenters. The molecular formula is C9H10Cl2O3S. The van der Waals surface area contributed by atoms with Gasteiger partial charge in [0.25, 0.3) is 0 Å². The average molecular weight is 269 g/mol. The third-order valence-corrected chi connectivity index (χ3v) is 3.17. The number of benzene rings is 1. The van der Waals surface area contributed by atoms with Crippen LogP contribution in [0.5, 0.6) is 0 Å². The number of halogens is 2. The van der Waals surface area contributed by atoms with E-state index >= 15 is 0 Å². The van der Waals surface area contributed by atoms with Crippen molar-refractivity contribution in [3.8, 4) is 0 Å². The third kappa shape index (κ3) is 5.37. The van der Waals surface area contributed by atoms with Gasteiger partial charge in [0.2, 0.25) is 9.05 Å². The van der Waals surface area contributed by atoms with Crippen molar-refractivity contribution in [3.05, 3.63) is 34.9 Å². The molecule has 0 fully saturated rings. The van der Waals surface area contributed by atoms with Crippen molar-refractivity contribution in [3.63, 3.8) is 0 Å². The SMILES string of the molecule is O=S(=O)(Cl)CCOCc1ccccc1Cl. The van der Waals surface area contributed by atoms with Crippen LogP contribution in [0.4, 0.5) is 0 Å². The van der Waals surface area contributed by atoms with Gasteiger partial charge < -0.3 is 4.74 Å². The Bertz CT molecular complexity index is 417. The number of ether oxygens (including phenoxy) is 1. The number of hydrogen-bond donors (Lipinski definition) is 0. The van der Waals surface area contributed by atoms with E-state index in [-0.39, 0.29) is 19.0 Å². The van der Waals surface area contributed by atoms with E-state index in [1.165, 1.54) is 0 Å². The topological polar surface area (TPSA) is 43.4 Å². The van der Waals surface area contributed by atoms with E-state index in [4.69, 9.17) is 27.0 Å². The smallest absolute Gasteiger partial charge is 0.234 e. The Hall–Kier alpha value is -0.290. The van der Waals surface area contributed by atoms with Crippen molar-refractivity contribution in [2.24, 2.45) is 0 Å². The van der Waals surface area contributed by atoms with Gasteiger partial charge in [-0.2, -0.15) is 0 Å². The van der Waals surface area contributed by atoms with Crippen LogP contribution in [0.1, 0.15) is 5.56 Å². The molecule has 1 aromatic rings. The molecule has 15 heavy (non-hydrogen) atoms. The molecule has 3 nitrogen and oxygen atoms in total. The normalized spacial score (nSPS) is 11.6. The lowest BCUT2D eigenvalue weighted by atomic mass is 10.2. The Labute approximate surface area is 98.4 Å². The van der Waals surface area contributed by atoms with Gasteiger partial charge in [0, 0.05) is 15.7 Å². The van der Waals surface area contributed by atoms with Crippen LogP contribution < -0.4 is 0 Å². The molecule has 0 bridgehead atoms. The second kappa shape index (κ2) is 5.70. The predicted molar refractivity (Wildman–Crippen MR) is 60.7 cm³/mol. The molecule has 0 radical (unpaired) electrons. The minimum Gasteiger partial charge on any atom is -0.376 e. The summed E-state index contributed by atoms with van der Waals surface area (Å²) in [6.07, 6.45) is 0. The maximum Gasteiger partial charge on any atom is 0.234 e. The van der Waals surface area contributed by atoms with Crippen LogP contribution in [0.2, 0.25) is 5.02 Å². The van der Waals surface area contributed by atoms with Gasteiger partial charge in [0.05, 0.1) is 19.0 Å². The van der Waals surface area contributed by atoms with Gasteiger partial charge in [-0.1, -0.05) is 29.8 Å². The van der Waals surface area contributed by atoms with Gasteiger partial charge in [-0.3, -0.25) is 0 Å². The van der Waals surface area contributed by atoms with Gasteiger partial charge in [-0.25, -0.2) is 8.42 Å². The van der Waals surface area contributed by atoms with Gasteiger partial charge in [0.15, 0.2) is 0 Å². The van der Waals surface area contributed by atoms with Crippen molar-refractivity contribution in [1.82, 2.24) is 0 Å². The van der Waals surface area contributed by atoms with E-state index in [1.807, 2.05) is 18.2 Å². The summed E-state index contributed by atoms with van der Waals surface area (Å²) >= 11 is 5.87. The van der Waals surface area contributed by atoms with Gasteiger partial charge in [-0.15, -0.1) is 0 Å². The quantitative estimate of drug-likeness (QED) is 0.609. The second-order valence-electron chi connectivity index (χ2n) is 2.89. The summed E-state index contributed by atoms with van der Waals surface area (Å²) in [5, 5.41) is 0.603. The van der Waals surface area contributed by atoms with Crippen LogP contribution in [0.25, 0.3) is 0 Å². The monoisotopic (exact) mass is 268 g/mol. The lowest BCUT2D eigenvalue weighted by Gasteiger charge is -2.04. The van der Waals surface area contributed by atoms with Crippen LogP contribution in [0.3, 0.4) is 0 Å². The first-order valence-electron chi connectivity index (χ1n) is 4.22. The summed E-state index contributed by atoms with van der Waals surface area (Å²) in [7, 11) is 1.54. The number of hydrogen-bond acceptors (Lipinski definition) is 3. The zero-order valence-electron chi connectivity index (χ0n) is 7.82. The van der Waals surface area contributed by atoms with E-state index in [1.54, 1.807) is 6.07 Å². The molecule has 0 saturated carbocycles. The van der Waals surface area contributed by atoms with Gasteiger partial charge in [-0.05, 0) is 11.6 Å². The first-order chi connectivity index (χ1) is 6.99. The first-order valence-corrected chi connectivity index (χ1v) is 7.08. The standard InChI is InChI=1S/C9H10Cl2O3S/c10-9-4-2-1-3-8(9)7-14-5-6-15(11,12)13/h1-4H,5-7H2. The fourth-order valence-electron chi connectivity index (χ4n) is 0.956. The Balaban J connectivity index is 2.36. The summed E-state index contributed by atoms with van der Waals surface area (Å²) in [6.45, 7) is 0.350. The highest BCUT2D eigenvalue weighted by Crippen LogP contribution is 2.15. The van der Waals surface area contributed by atoms with E-state index in [9.17, 15) is 8.42 Å². The van der Waals surface area contributed by atoms with E-state index in [0.29, 0.717) is 5.02 Å². The highest BCUT2D eigenvalue weighted by molar-refractivity contribution is 8.13. The van der Waals surface area contributed by atoms with Gasteiger partial charge in [0.1, 0.15) is 0 Å². The van der Waals surface area contributed by atoms with Crippen LogP contribution in [0.15, 0.2) is 24.3 Å². The summed E-state index contributed by atoms with van der Waals surface area (Å²) in [6, 6.07) is 7.22. The lowest BCUT2D eigenvalue weighted by Crippen LogP contribution is -2.06. The van der Waals surface area contributed by atoms with Crippen LogP contribution in [0, 0.1) is 0 Å². The molecule has 0 aliphatic heterocycles. The van der Waals surface area contributed by atoms with Crippen molar-refractivity contribution in [2.45, 2.75) is 6.61 Å². The molecule has 1 aromatic carbocycles. The van der Waals surface area contributed by atoms with E-state index in [0.717, 1.165) is 5.56 Å². The first kappa shape index (κ1) is 12.8. The van der Waals surface area contributed by atoms with E-state index < -0.39 is 9.05 Å². The van der Waals surface area contributed by atoms with Crippen LogP contribution >= 0.6 is 22.3 Å². The summed E-state index contributed by atoms with van der Waals surface area (Å²) < 4.78 is 26.3. The fraction of sp³-hybridized carbons (Fsp3) is 0.333. The minimum absolute atomic E-state index is 0.0665. The Morgan fingerprint density at radius 2 is 1.93 bits per heavy atom. The third-order valence-electron chi connectivity index (χ3n) is 1.69. The van der Waals surface area contributed by atoms with Crippen LogP contribution in [-0.4, -0.2) is 20.8 Å². The number of rotatable bonds is 5. The minimum atomic E-state index is -3.47. The average Bonchev–Trinajstić information content (AvgIpc) is 2.13. The van der Waals surface area contributed by atoms with Crippen molar-refractivity contribution < 1.29 is 13.2 Å². The largest absolute Gasteiger partial charge is 0.376 e. The van der Waals surface area contributed by atoms with Gasteiger partial charge >= 0.3 is 0 Å². The lowest BCUT2D eigenvalue weighted by molar-refractivity contribution is 0.136. The zero-order valence-corrected chi connectivity index (χ0v) is 10.1. The molecule has 0 N–H and O–H groups in total. The summed E-state index contributed by atoms with van der Waals surface area (Å²) in [5.74, 6) is -0.195. The Kier molecular flexibility index (Phi) is 4.86. The molecule has 0 atom stereocenters. The molecule has 6 heteroatoms. The molecule has 0 saturated heterocycles. The highest BCUT2D eigenvalue weighted by Gasteiger charge is 2.05. The summed E-state index contributed by atoms with van der Waals surface area (Å²) in [5.41, 5.74) is 0.825. The van der Waals surface area contributed by atoms with E-state index in [2.05, 4.69) is 0 Å². The van der Waals surface area contributed by atoms with Crippen molar-refractivity contribution in [2.75, 3.05) is 12.4 Å². The highest BCUT2D eigenvalue weighted by atomic mass is 35.7.